The Morgan fingerprint density at radius 3 is 2.59 bits per heavy atom. The molecule has 2 amide bonds. The number of benzene rings is 2. The quantitative estimate of drug-likeness (QED) is 0.675. The predicted molar refractivity (Wildman–Crippen MR) is 107 cm³/mol. The highest BCUT2D eigenvalue weighted by atomic mass is 16.5. The highest BCUT2D eigenvalue weighted by Gasteiger charge is 2.39. The molecule has 0 fully saturated rings. The van der Waals surface area contributed by atoms with Crippen LogP contribution in [0, 0.1) is 0 Å². The number of aromatic nitrogens is 1. The maximum absolute atomic E-state index is 13.1. The molecule has 29 heavy (non-hydrogen) atoms. The van der Waals surface area contributed by atoms with Crippen molar-refractivity contribution in [2.24, 2.45) is 7.05 Å². The third kappa shape index (κ3) is 3.24. The molecule has 0 aliphatic carbocycles. The van der Waals surface area contributed by atoms with Gasteiger partial charge in [-0.05, 0) is 17.7 Å². The van der Waals surface area contributed by atoms with Gasteiger partial charge in [0.2, 0.25) is 5.91 Å². The van der Waals surface area contributed by atoms with E-state index in [9.17, 15) is 14.4 Å². The van der Waals surface area contributed by atoms with Crippen LogP contribution in [0.2, 0.25) is 0 Å². The van der Waals surface area contributed by atoms with Crippen LogP contribution in [0.1, 0.15) is 27.5 Å². The van der Waals surface area contributed by atoms with Crippen LogP contribution in [0.3, 0.4) is 0 Å². The van der Waals surface area contributed by atoms with Gasteiger partial charge < -0.3 is 19.5 Å². The maximum atomic E-state index is 13.1. The monoisotopic (exact) mass is 391 g/mol. The Bertz CT molecular complexity index is 1120. The predicted octanol–water partition coefficient (Wildman–Crippen LogP) is 2.01. The molecule has 0 radical (unpaired) electrons. The first-order valence-corrected chi connectivity index (χ1v) is 9.28. The van der Waals surface area contributed by atoms with Crippen molar-refractivity contribution >= 4 is 28.7 Å². The van der Waals surface area contributed by atoms with Crippen molar-refractivity contribution in [3.8, 4) is 0 Å². The van der Waals surface area contributed by atoms with E-state index in [0.717, 1.165) is 22.0 Å². The Kier molecular flexibility index (Phi) is 4.80. The Labute approximate surface area is 167 Å². The van der Waals surface area contributed by atoms with Crippen LogP contribution in [0.5, 0.6) is 0 Å². The van der Waals surface area contributed by atoms with Gasteiger partial charge in [0.05, 0.1) is 13.2 Å². The molecular formula is C22H21N3O4. The maximum Gasteiger partial charge on any atom is 0.325 e. The minimum absolute atomic E-state index is 0.154. The number of rotatable bonds is 5. The fourth-order valence-electron chi connectivity index (χ4n) is 3.91. The van der Waals surface area contributed by atoms with Crippen molar-refractivity contribution in [1.82, 2.24) is 14.8 Å². The van der Waals surface area contributed by atoms with Gasteiger partial charge in [0.25, 0.3) is 5.91 Å². The van der Waals surface area contributed by atoms with E-state index in [1.54, 1.807) is 11.0 Å². The summed E-state index contributed by atoms with van der Waals surface area (Å²) in [5, 5.41) is 3.54. The molecule has 1 unspecified atom stereocenters. The number of para-hydroxylation sites is 1. The van der Waals surface area contributed by atoms with Gasteiger partial charge in [0, 0.05) is 35.3 Å². The standard InChI is InChI=1S/C22H21N3O4/c1-24-12-17(14-7-5-6-10-18(14)24)21-15-8-3-4-9-16(15)22(28)25(21)13-19(26)23-11-20(27)29-2/h3-10,12,21H,11,13H2,1-2H3,(H,23,26). The summed E-state index contributed by atoms with van der Waals surface area (Å²) in [5.74, 6) is -1.16. The first-order chi connectivity index (χ1) is 14.0. The Hall–Kier alpha value is -3.61. The van der Waals surface area contributed by atoms with Crippen LogP contribution in [0.4, 0.5) is 0 Å². The van der Waals surface area contributed by atoms with Gasteiger partial charge in [0.15, 0.2) is 0 Å². The number of carbonyl (C=O) groups is 3. The Morgan fingerprint density at radius 2 is 1.79 bits per heavy atom. The molecule has 0 saturated heterocycles. The van der Waals surface area contributed by atoms with E-state index in [2.05, 4.69) is 10.1 Å². The van der Waals surface area contributed by atoms with Crippen molar-refractivity contribution in [3.05, 3.63) is 71.4 Å². The van der Waals surface area contributed by atoms with Gasteiger partial charge in [0.1, 0.15) is 13.1 Å². The lowest BCUT2D eigenvalue weighted by molar-refractivity contribution is -0.141. The number of amides is 2. The first-order valence-electron chi connectivity index (χ1n) is 9.28. The lowest BCUT2D eigenvalue weighted by Gasteiger charge is -2.25. The molecule has 7 heteroatoms. The molecule has 2 aromatic carbocycles. The highest BCUT2D eigenvalue weighted by Crippen LogP contribution is 2.41. The van der Waals surface area contributed by atoms with E-state index in [1.807, 2.05) is 60.3 Å². The van der Waals surface area contributed by atoms with E-state index in [0.29, 0.717) is 5.56 Å². The summed E-state index contributed by atoms with van der Waals surface area (Å²) < 4.78 is 6.57. The van der Waals surface area contributed by atoms with Crippen LogP contribution in [0.15, 0.2) is 54.7 Å². The summed E-state index contributed by atoms with van der Waals surface area (Å²) in [6, 6.07) is 15.0. The largest absolute Gasteiger partial charge is 0.468 e. The lowest BCUT2D eigenvalue weighted by Crippen LogP contribution is -2.41. The van der Waals surface area contributed by atoms with Gasteiger partial charge >= 0.3 is 5.97 Å². The molecule has 0 spiro atoms. The molecule has 4 rings (SSSR count). The number of fused-ring (bicyclic) bond motifs is 2. The molecule has 0 bridgehead atoms. The van der Waals surface area contributed by atoms with Gasteiger partial charge in [-0.2, -0.15) is 0 Å². The fourth-order valence-corrected chi connectivity index (χ4v) is 3.91. The van der Waals surface area contributed by atoms with Crippen LogP contribution in [-0.4, -0.2) is 47.4 Å². The number of aryl methyl sites for hydroxylation is 1. The third-order valence-electron chi connectivity index (χ3n) is 5.25. The van der Waals surface area contributed by atoms with E-state index in [-0.39, 0.29) is 25.0 Å². The van der Waals surface area contributed by atoms with Crippen LogP contribution in [0.25, 0.3) is 10.9 Å². The summed E-state index contributed by atoms with van der Waals surface area (Å²) in [7, 11) is 3.22. The molecule has 0 saturated carbocycles. The van der Waals surface area contributed by atoms with Crippen molar-refractivity contribution in [3.63, 3.8) is 0 Å². The van der Waals surface area contributed by atoms with Gasteiger partial charge in [-0.3, -0.25) is 14.4 Å². The van der Waals surface area contributed by atoms with Gasteiger partial charge in [-0.15, -0.1) is 0 Å². The second kappa shape index (κ2) is 7.43. The number of nitrogens with one attached hydrogen (secondary N) is 1. The number of esters is 1. The van der Waals surface area contributed by atoms with Gasteiger partial charge in [-0.1, -0.05) is 36.4 Å². The van der Waals surface area contributed by atoms with Crippen LogP contribution >= 0.6 is 0 Å². The molecule has 7 nitrogen and oxygen atoms in total. The summed E-state index contributed by atoms with van der Waals surface area (Å²) >= 11 is 0. The number of carbonyl (C=O) groups excluding carboxylic acids is 3. The fraction of sp³-hybridized carbons (Fsp3) is 0.227. The van der Waals surface area contributed by atoms with Crippen molar-refractivity contribution < 1.29 is 19.1 Å². The van der Waals surface area contributed by atoms with Crippen LogP contribution in [-0.2, 0) is 21.4 Å². The van der Waals surface area contributed by atoms with Crippen molar-refractivity contribution in [2.45, 2.75) is 6.04 Å². The number of methoxy groups -OCH3 is 1. The van der Waals surface area contributed by atoms with Crippen molar-refractivity contribution in [1.29, 1.82) is 0 Å². The van der Waals surface area contributed by atoms with Gasteiger partial charge in [-0.25, -0.2) is 0 Å². The molecule has 1 aliphatic heterocycles. The lowest BCUT2D eigenvalue weighted by atomic mass is 9.97. The average molecular weight is 391 g/mol. The summed E-state index contributed by atoms with van der Waals surface area (Å²) in [6.45, 7) is -0.387. The Morgan fingerprint density at radius 1 is 1.07 bits per heavy atom. The zero-order valence-electron chi connectivity index (χ0n) is 16.2. The smallest absolute Gasteiger partial charge is 0.325 e. The summed E-state index contributed by atoms with van der Waals surface area (Å²) in [4.78, 5) is 38.4. The third-order valence-corrected chi connectivity index (χ3v) is 5.25. The van der Waals surface area contributed by atoms with Crippen LogP contribution < -0.4 is 5.32 Å². The molecule has 2 heterocycles. The number of hydrogen-bond donors (Lipinski definition) is 1. The zero-order chi connectivity index (χ0) is 20.5. The second-order valence-corrected chi connectivity index (χ2v) is 6.99. The SMILES string of the molecule is COC(=O)CNC(=O)CN1C(=O)c2ccccc2C1c1cn(C)c2ccccc12. The molecule has 148 valence electrons. The van der Waals surface area contributed by atoms with Crippen molar-refractivity contribution in [2.75, 3.05) is 20.2 Å². The first kappa shape index (κ1) is 18.7. The van der Waals surface area contributed by atoms with E-state index in [1.165, 1.54) is 7.11 Å². The van der Waals surface area contributed by atoms with E-state index in [4.69, 9.17) is 0 Å². The number of hydrogen-bond acceptors (Lipinski definition) is 4. The number of nitrogens with zero attached hydrogens (tertiary/aromatic N) is 2. The number of ether oxygens (including phenoxy) is 1. The molecule has 1 atom stereocenters. The van der Waals surface area contributed by atoms with E-state index >= 15 is 0 Å². The average Bonchev–Trinajstić information content (AvgIpc) is 3.21. The highest BCUT2D eigenvalue weighted by molar-refractivity contribution is 6.02. The Balaban J connectivity index is 1.73. The molecular weight excluding hydrogens is 370 g/mol. The summed E-state index contributed by atoms with van der Waals surface area (Å²) in [6.07, 6.45) is 2.00. The molecule has 1 aromatic heterocycles. The minimum atomic E-state index is -0.542. The summed E-state index contributed by atoms with van der Waals surface area (Å²) in [5.41, 5.74) is 3.47. The molecule has 3 aromatic rings. The molecule has 1 aliphatic rings. The topological polar surface area (TPSA) is 80.6 Å². The van der Waals surface area contributed by atoms with E-state index < -0.39 is 11.9 Å². The zero-order valence-corrected chi connectivity index (χ0v) is 16.2. The normalized spacial score (nSPS) is 15.4. The second-order valence-electron chi connectivity index (χ2n) is 6.99. The minimum Gasteiger partial charge on any atom is -0.468 e. The molecule has 1 N–H and O–H groups in total.